The van der Waals surface area contributed by atoms with Crippen molar-refractivity contribution in [3.8, 4) is 0 Å². The van der Waals surface area contributed by atoms with Crippen LogP contribution in [0.5, 0.6) is 0 Å². The van der Waals surface area contributed by atoms with Crippen LogP contribution in [0.15, 0.2) is 40.2 Å². The molecule has 1 aliphatic carbocycles. The van der Waals surface area contributed by atoms with Crippen LogP contribution >= 0.6 is 27.3 Å². The topological polar surface area (TPSA) is 20.3 Å². The highest BCUT2D eigenvalue weighted by molar-refractivity contribution is 9.11. The summed E-state index contributed by atoms with van der Waals surface area (Å²) in [7, 11) is 1.70. The Bertz CT molecular complexity index is 758. The molecule has 2 unspecified atom stereocenters. The number of carbonyl (C=O) groups excluding carboxylic acids is 1. The smallest absolute Gasteiger partial charge is 0.340 e. The zero-order chi connectivity index (χ0) is 17.5. The lowest BCUT2D eigenvalue weighted by molar-refractivity contribution is -0.138. The largest absolute Gasteiger partial charge is 0.416 e. The maximum absolute atomic E-state index is 13.1. The van der Waals surface area contributed by atoms with E-state index in [1.54, 1.807) is 29.4 Å². The maximum atomic E-state index is 13.1. The predicted octanol–water partition coefficient (Wildman–Crippen LogP) is 5.29. The van der Waals surface area contributed by atoms with Gasteiger partial charge in [0.15, 0.2) is 0 Å². The number of benzene rings is 1. The third-order valence-corrected chi connectivity index (χ3v) is 5.78. The van der Waals surface area contributed by atoms with Crippen molar-refractivity contribution < 1.29 is 18.0 Å². The Hall–Kier alpha value is -1.34. The molecule has 24 heavy (non-hydrogen) atoms. The predicted molar refractivity (Wildman–Crippen MR) is 90.8 cm³/mol. The van der Waals surface area contributed by atoms with E-state index in [-0.39, 0.29) is 23.3 Å². The Kier molecular flexibility index (Phi) is 4.75. The number of thiophene rings is 1. The highest BCUT2D eigenvalue weighted by Crippen LogP contribution is 2.51. The second-order valence-electron chi connectivity index (χ2n) is 5.93. The lowest BCUT2D eigenvalue weighted by atomic mass is 10.0. The molecule has 0 spiro atoms. The summed E-state index contributed by atoms with van der Waals surface area (Å²) in [5, 5.41) is 0. The Morgan fingerprint density at radius 2 is 2.00 bits per heavy atom. The summed E-state index contributed by atoms with van der Waals surface area (Å²) in [5.41, 5.74) is -0.397. The molecule has 1 amide bonds. The quantitative estimate of drug-likeness (QED) is 0.661. The molecule has 1 fully saturated rings. The zero-order valence-corrected chi connectivity index (χ0v) is 15.2. The van der Waals surface area contributed by atoms with Crippen LogP contribution in [0, 0.1) is 5.92 Å². The van der Waals surface area contributed by atoms with Crippen LogP contribution in [0.2, 0.25) is 0 Å². The van der Waals surface area contributed by atoms with Crippen LogP contribution in [-0.4, -0.2) is 17.9 Å². The van der Waals surface area contributed by atoms with Crippen LogP contribution in [0.3, 0.4) is 0 Å². The third kappa shape index (κ3) is 3.67. The maximum Gasteiger partial charge on any atom is 0.416 e. The van der Waals surface area contributed by atoms with Crippen molar-refractivity contribution in [3.63, 3.8) is 0 Å². The fourth-order valence-electron chi connectivity index (χ4n) is 2.92. The molecule has 0 aliphatic heterocycles. The number of halogens is 4. The van der Waals surface area contributed by atoms with Crippen LogP contribution in [0.1, 0.15) is 28.3 Å². The lowest BCUT2D eigenvalue weighted by Crippen LogP contribution is -2.27. The molecule has 1 heterocycles. The SMILES string of the molecule is CN(Cc1ccc(Br)s1)C(=O)C1CC1c1ccccc1C(F)(F)F. The van der Waals surface area contributed by atoms with Gasteiger partial charge in [-0.15, -0.1) is 11.3 Å². The molecule has 0 saturated heterocycles. The first-order valence-corrected chi connectivity index (χ1v) is 9.03. The van der Waals surface area contributed by atoms with Crippen molar-refractivity contribution >= 4 is 33.2 Å². The highest BCUT2D eigenvalue weighted by Gasteiger charge is 2.48. The Morgan fingerprint density at radius 3 is 2.62 bits per heavy atom. The molecule has 0 N–H and O–H groups in total. The molecule has 2 atom stereocenters. The van der Waals surface area contributed by atoms with Gasteiger partial charge in [0.05, 0.1) is 15.9 Å². The number of amides is 1. The highest BCUT2D eigenvalue weighted by atomic mass is 79.9. The van der Waals surface area contributed by atoms with E-state index in [9.17, 15) is 18.0 Å². The fourth-order valence-corrected chi connectivity index (χ4v) is 4.46. The van der Waals surface area contributed by atoms with Gasteiger partial charge >= 0.3 is 6.18 Å². The summed E-state index contributed by atoms with van der Waals surface area (Å²) in [4.78, 5) is 15.1. The number of carbonyl (C=O) groups is 1. The summed E-state index contributed by atoms with van der Waals surface area (Å²) in [6, 6.07) is 9.39. The fraction of sp³-hybridized carbons (Fsp3) is 0.353. The van der Waals surface area contributed by atoms with E-state index < -0.39 is 11.7 Å². The second-order valence-corrected chi connectivity index (χ2v) is 8.48. The van der Waals surface area contributed by atoms with Gasteiger partial charge in [0.2, 0.25) is 5.91 Å². The van der Waals surface area contributed by atoms with E-state index >= 15 is 0 Å². The van der Waals surface area contributed by atoms with E-state index in [1.807, 2.05) is 12.1 Å². The molecule has 2 aromatic rings. The van der Waals surface area contributed by atoms with Crippen LogP contribution in [0.4, 0.5) is 13.2 Å². The molecule has 3 rings (SSSR count). The van der Waals surface area contributed by atoms with Gasteiger partial charge < -0.3 is 4.90 Å². The average Bonchev–Trinajstić information content (AvgIpc) is 3.22. The second kappa shape index (κ2) is 6.52. The van der Waals surface area contributed by atoms with E-state index in [0.717, 1.165) is 14.7 Å². The number of hydrogen-bond acceptors (Lipinski definition) is 2. The normalized spacial score (nSPS) is 20.0. The molecule has 1 aromatic heterocycles. The van der Waals surface area contributed by atoms with Gasteiger partial charge in [0.25, 0.3) is 0 Å². The first kappa shape index (κ1) is 17.5. The van der Waals surface area contributed by atoms with E-state index in [4.69, 9.17) is 0 Å². The molecule has 0 radical (unpaired) electrons. The number of hydrogen-bond donors (Lipinski definition) is 0. The van der Waals surface area contributed by atoms with Crippen molar-refractivity contribution in [2.45, 2.75) is 25.1 Å². The average molecular weight is 418 g/mol. The van der Waals surface area contributed by atoms with Gasteiger partial charge in [-0.05, 0) is 52.0 Å². The van der Waals surface area contributed by atoms with Gasteiger partial charge in [-0.2, -0.15) is 13.2 Å². The minimum Gasteiger partial charge on any atom is -0.340 e. The van der Waals surface area contributed by atoms with Gasteiger partial charge in [0.1, 0.15) is 0 Å². The van der Waals surface area contributed by atoms with Gasteiger partial charge in [-0.3, -0.25) is 4.79 Å². The summed E-state index contributed by atoms with van der Waals surface area (Å²) in [6.45, 7) is 0.471. The van der Waals surface area contributed by atoms with Gasteiger partial charge in [0, 0.05) is 17.8 Å². The van der Waals surface area contributed by atoms with Gasteiger partial charge in [-0.1, -0.05) is 18.2 Å². The minimum absolute atomic E-state index is 0.0958. The molecule has 0 bridgehead atoms. The Balaban J connectivity index is 1.70. The monoisotopic (exact) mass is 417 g/mol. The van der Waals surface area contributed by atoms with Crippen LogP contribution < -0.4 is 0 Å². The van der Waals surface area contributed by atoms with E-state index in [1.165, 1.54) is 12.1 Å². The van der Waals surface area contributed by atoms with Crippen LogP contribution in [0.25, 0.3) is 0 Å². The lowest BCUT2D eigenvalue weighted by Gasteiger charge is -2.17. The molecule has 128 valence electrons. The summed E-state index contributed by atoms with van der Waals surface area (Å²) in [5.74, 6) is -0.795. The van der Waals surface area contributed by atoms with Crippen molar-refractivity contribution in [1.82, 2.24) is 4.90 Å². The Labute approximate surface area is 150 Å². The summed E-state index contributed by atoms with van der Waals surface area (Å²) in [6.07, 6.45) is -3.91. The molecule has 1 saturated carbocycles. The zero-order valence-electron chi connectivity index (χ0n) is 12.8. The molecular formula is C17H15BrF3NOS. The van der Waals surface area contributed by atoms with Crippen molar-refractivity contribution in [2.24, 2.45) is 5.92 Å². The van der Waals surface area contributed by atoms with E-state index in [2.05, 4.69) is 15.9 Å². The van der Waals surface area contributed by atoms with Crippen molar-refractivity contribution in [3.05, 3.63) is 56.2 Å². The number of alkyl halides is 3. The third-order valence-electron chi connectivity index (χ3n) is 4.17. The summed E-state index contributed by atoms with van der Waals surface area (Å²) >= 11 is 4.92. The van der Waals surface area contributed by atoms with Crippen molar-refractivity contribution in [2.75, 3.05) is 7.05 Å². The molecule has 1 aliphatic rings. The first-order valence-electron chi connectivity index (χ1n) is 7.42. The molecule has 1 aromatic carbocycles. The van der Waals surface area contributed by atoms with Crippen LogP contribution in [-0.2, 0) is 17.5 Å². The Morgan fingerprint density at radius 1 is 1.29 bits per heavy atom. The first-order chi connectivity index (χ1) is 11.3. The molecule has 2 nitrogen and oxygen atoms in total. The minimum atomic E-state index is -4.39. The number of rotatable bonds is 4. The van der Waals surface area contributed by atoms with E-state index in [0.29, 0.717) is 13.0 Å². The molecular weight excluding hydrogens is 403 g/mol. The number of nitrogens with zero attached hydrogens (tertiary/aromatic N) is 1. The summed E-state index contributed by atoms with van der Waals surface area (Å²) < 4.78 is 40.3. The molecule has 7 heteroatoms. The standard InChI is InChI=1S/C17H15BrF3NOS/c1-22(9-10-6-7-15(18)24-10)16(23)13-8-12(13)11-4-2-3-5-14(11)17(19,20)21/h2-7,12-13H,8-9H2,1H3. The van der Waals surface area contributed by atoms with Crippen molar-refractivity contribution in [1.29, 1.82) is 0 Å². The van der Waals surface area contributed by atoms with Gasteiger partial charge in [-0.25, -0.2) is 0 Å².